The van der Waals surface area contributed by atoms with Crippen LogP contribution < -0.4 is 0 Å². The molecular weight excluding hydrogens is 320 g/mol. The number of aliphatic hydroxyl groups excluding tert-OH is 2. The molecule has 0 amide bonds. The summed E-state index contributed by atoms with van der Waals surface area (Å²) >= 11 is 0. The number of aliphatic hydroxyl groups is 2. The van der Waals surface area contributed by atoms with Crippen molar-refractivity contribution in [1.82, 2.24) is 0 Å². The largest absolute Gasteiger partial charge is 0.394 e. The summed E-state index contributed by atoms with van der Waals surface area (Å²) in [5.41, 5.74) is 2.34. The Balaban J connectivity index is 0.000000415. The van der Waals surface area contributed by atoms with Crippen LogP contribution in [0.4, 0.5) is 0 Å². The summed E-state index contributed by atoms with van der Waals surface area (Å²) in [5, 5.41) is 15.2. The Bertz CT molecular complexity index is 555. The Morgan fingerprint density at radius 3 is 1.40 bits per heavy atom. The minimum Gasteiger partial charge on any atom is -0.394 e. The van der Waals surface area contributed by atoms with Gasteiger partial charge in [-0.1, -0.05) is 60.7 Å². The maximum Gasteiger partial charge on any atom is 0.112 e. The van der Waals surface area contributed by atoms with Crippen LogP contribution in [0.3, 0.4) is 0 Å². The van der Waals surface area contributed by atoms with Crippen molar-refractivity contribution >= 4 is 0 Å². The second-order valence-electron chi connectivity index (χ2n) is 5.99. The second-order valence-corrected chi connectivity index (χ2v) is 5.99. The molecule has 2 N–H and O–H groups in total. The fourth-order valence-corrected chi connectivity index (χ4v) is 2.67. The molecule has 2 aromatic carbocycles. The molecule has 0 saturated carbocycles. The van der Waals surface area contributed by atoms with Crippen LogP contribution in [0.15, 0.2) is 60.7 Å². The molecule has 2 heterocycles. The molecule has 2 saturated heterocycles. The topological polar surface area (TPSA) is 74.8 Å². The Morgan fingerprint density at radius 2 is 1.12 bits per heavy atom. The van der Waals surface area contributed by atoms with E-state index in [1.54, 1.807) is 0 Å². The number of epoxide rings is 2. The first-order chi connectivity index (χ1) is 12.3. The molecule has 2 fully saturated rings. The van der Waals surface area contributed by atoms with Gasteiger partial charge in [0.1, 0.15) is 24.4 Å². The molecule has 0 aromatic heterocycles. The summed E-state index contributed by atoms with van der Waals surface area (Å²) in [5.74, 6) is 0. The smallest absolute Gasteiger partial charge is 0.112 e. The van der Waals surface area contributed by atoms with Gasteiger partial charge in [-0.25, -0.2) is 0 Å². The lowest BCUT2D eigenvalue weighted by Crippen LogP contribution is -2.19. The van der Waals surface area contributed by atoms with Crippen molar-refractivity contribution in [3.05, 3.63) is 71.8 Å². The van der Waals surface area contributed by atoms with Crippen molar-refractivity contribution in [3.63, 3.8) is 0 Å². The van der Waals surface area contributed by atoms with E-state index < -0.39 is 0 Å². The van der Waals surface area contributed by atoms with Crippen LogP contribution in [0.1, 0.15) is 23.3 Å². The zero-order valence-electron chi connectivity index (χ0n) is 14.0. The highest BCUT2D eigenvalue weighted by molar-refractivity contribution is 5.23. The van der Waals surface area contributed by atoms with Crippen molar-refractivity contribution in [2.45, 2.75) is 24.4 Å². The van der Waals surface area contributed by atoms with Crippen LogP contribution in [0, 0.1) is 0 Å². The van der Waals surface area contributed by atoms with Crippen molar-refractivity contribution < 1.29 is 24.4 Å². The third-order valence-corrected chi connectivity index (χ3v) is 4.04. The van der Waals surface area contributed by atoms with Gasteiger partial charge in [-0.3, -0.25) is 0 Å². The van der Waals surface area contributed by atoms with E-state index in [0.717, 1.165) is 13.2 Å². The highest BCUT2D eigenvalue weighted by Gasteiger charge is 2.41. The predicted octanol–water partition coefficient (Wildman–Crippen LogP) is 2.25. The highest BCUT2D eigenvalue weighted by atomic mass is 16.6. The number of hydrogen-bond acceptors (Lipinski definition) is 5. The molecule has 2 aliphatic rings. The molecule has 2 aliphatic heterocycles. The number of hydrogen-bond donors (Lipinski definition) is 2. The van der Waals surface area contributed by atoms with Crippen molar-refractivity contribution in [2.24, 2.45) is 0 Å². The minimum absolute atomic E-state index is 0.0272. The van der Waals surface area contributed by atoms with Crippen LogP contribution >= 0.6 is 0 Å². The molecule has 2 aromatic rings. The van der Waals surface area contributed by atoms with Gasteiger partial charge < -0.3 is 24.4 Å². The first kappa shape index (κ1) is 18.0. The van der Waals surface area contributed by atoms with Gasteiger partial charge in [0, 0.05) is 0 Å². The van der Waals surface area contributed by atoms with Crippen LogP contribution in [-0.2, 0) is 14.2 Å². The van der Waals surface area contributed by atoms with Gasteiger partial charge in [-0.2, -0.15) is 0 Å². The quantitative estimate of drug-likeness (QED) is 0.754. The summed E-state index contributed by atoms with van der Waals surface area (Å²) in [4.78, 5) is 0. The van der Waals surface area contributed by atoms with Crippen LogP contribution in [0.25, 0.3) is 0 Å². The summed E-state index contributed by atoms with van der Waals surface area (Å²) < 4.78 is 17.4. The fourth-order valence-electron chi connectivity index (χ4n) is 2.67. The first-order valence-electron chi connectivity index (χ1n) is 8.53. The highest BCUT2D eigenvalue weighted by Crippen LogP contribution is 2.40. The predicted molar refractivity (Wildman–Crippen MR) is 93.1 cm³/mol. The first-order valence-corrected chi connectivity index (χ1v) is 8.53. The van der Waals surface area contributed by atoms with E-state index in [4.69, 9.17) is 24.4 Å². The average Bonchev–Trinajstić information content (AvgIpc) is 3.57. The van der Waals surface area contributed by atoms with Gasteiger partial charge >= 0.3 is 0 Å². The van der Waals surface area contributed by atoms with Gasteiger partial charge in [0.2, 0.25) is 0 Å². The van der Waals surface area contributed by atoms with Crippen LogP contribution in [-0.4, -0.2) is 48.8 Å². The van der Waals surface area contributed by atoms with E-state index in [9.17, 15) is 0 Å². The maximum atomic E-state index is 7.62. The van der Waals surface area contributed by atoms with Gasteiger partial charge in [-0.05, 0) is 11.1 Å². The van der Waals surface area contributed by atoms with Crippen LogP contribution in [0.5, 0.6) is 0 Å². The molecule has 25 heavy (non-hydrogen) atoms. The van der Waals surface area contributed by atoms with E-state index in [1.807, 2.05) is 36.4 Å². The Kier molecular flexibility index (Phi) is 6.55. The third kappa shape index (κ3) is 5.36. The van der Waals surface area contributed by atoms with Gasteiger partial charge in [0.25, 0.3) is 0 Å². The van der Waals surface area contributed by atoms with E-state index in [2.05, 4.69) is 24.3 Å². The zero-order valence-corrected chi connectivity index (χ0v) is 14.0. The van der Waals surface area contributed by atoms with E-state index in [-0.39, 0.29) is 37.6 Å². The summed E-state index contributed by atoms with van der Waals surface area (Å²) in [6.45, 7) is 1.29. The number of ether oxygens (including phenoxy) is 3. The van der Waals surface area contributed by atoms with Gasteiger partial charge in [-0.15, -0.1) is 0 Å². The number of rotatable bonds is 7. The summed E-state index contributed by atoms with van der Waals surface area (Å²) in [6, 6.07) is 20.6. The molecule has 4 atom stereocenters. The molecule has 0 bridgehead atoms. The molecular formula is C20H24O5. The SMILES string of the molecule is OCCO.c1ccc(C(OC(c2ccccc2)C2CO2)C2CO2)cc1. The van der Waals surface area contributed by atoms with Crippen molar-refractivity contribution in [1.29, 1.82) is 0 Å². The Hall–Kier alpha value is -1.76. The fraction of sp³-hybridized carbons (Fsp3) is 0.400. The van der Waals surface area contributed by atoms with Crippen molar-refractivity contribution in [3.8, 4) is 0 Å². The molecule has 4 unspecified atom stereocenters. The van der Waals surface area contributed by atoms with Crippen molar-refractivity contribution in [2.75, 3.05) is 26.4 Å². The van der Waals surface area contributed by atoms with E-state index in [0.29, 0.717) is 0 Å². The lowest BCUT2D eigenvalue weighted by Gasteiger charge is -2.23. The molecule has 134 valence electrons. The molecule has 0 aliphatic carbocycles. The maximum absolute atomic E-state index is 7.62. The Morgan fingerprint density at radius 1 is 0.760 bits per heavy atom. The summed E-state index contributed by atoms with van der Waals surface area (Å²) in [6.07, 6.45) is 0.274. The lowest BCUT2D eigenvalue weighted by atomic mass is 10.0. The molecule has 0 spiro atoms. The molecule has 5 nitrogen and oxygen atoms in total. The molecule has 5 heteroatoms. The standard InChI is InChI=1S/C18H18O3.C2H6O2/c1-3-7-13(8-4-1)17(15-11-19-15)21-18(16-12-20-16)14-9-5-2-6-10-14;3-1-2-4/h1-10,15-18H,11-12H2;3-4H,1-2H2. The van der Waals surface area contributed by atoms with E-state index >= 15 is 0 Å². The van der Waals surface area contributed by atoms with Crippen LogP contribution in [0.2, 0.25) is 0 Å². The average molecular weight is 344 g/mol. The summed E-state index contributed by atoms with van der Waals surface area (Å²) in [7, 11) is 0. The lowest BCUT2D eigenvalue weighted by molar-refractivity contribution is -0.0419. The minimum atomic E-state index is -0.125. The normalized spacial score (nSPS) is 23.1. The van der Waals surface area contributed by atoms with E-state index in [1.165, 1.54) is 11.1 Å². The molecule has 0 radical (unpaired) electrons. The Labute approximate surface area is 147 Å². The molecule has 4 rings (SSSR count). The number of benzene rings is 2. The van der Waals surface area contributed by atoms with Gasteiger partial charge in [0.15, 0.2) is 0 Å². The monoisotopic (exact) mass is 344 g/mol. The zero-order chi connectivity index (χ0) is 17.5. The van der Waals surface area contributed by atoms with Gasteiger partial charge in [0.05, 0.1) is 26.4 Å². The third-order valence-electron chi connectivity index (χ3n) is 4.04. The second kappa shape index (κ2) is 9.08.